The number of hydrogen-bond acceptors (Lipinski definition) is 4. The van der Waals surface area contributed by atoms with E-state index in [4.69, 9.17) is 0 Å². The molecule has 1 atom stereocenters. The Morgan fingerprint density at radius 2 is 1.64 bits per heavy atom. The maximum Gasteiger partial charge on any atom is 0.141 e. The Balaban J connectivity index is 1.84. The quantitative estimate of drug-likeness (QED) is 0.574. The van der Waals surface area contributed by atoms with Crippen molar-refractivity contribution in [3.05, 3.63) is 81.8 Å². The first-order valence-electron chi connectivity index (χ1n) is 9.16. The van der Waals surface area contributed by atoms with Crippen LogP contribution in [0.15, 0.2) is 65.1 Å². The largest absolute Gasteiger partial charge is 0.507 e. The second-order valence-electron chi connectivity index (χ2n) is 6.95. The van der Waals surface area contributed by atoms with Crippen molar-refractivity contribution in [2.45, 2.75) is 19.0 Å². The van der Waals surface area contributed by atoms with Crippen molar-refractivity contribution in [2.24, 2.45) is 0 Å². The lowest BCUT2D eigenvalue weighted by Crippen LogP contribution is -2.35. The lowest BCUT2D eigenvalue weighted by molar-refractivity contribution is -0.113. The highest BCUT2D eigenvalue weighted by Gasteiger charge is 2.30. The van der Waals surface area contributed by atoms with E-state index in [1.165, 1.54) is 17.2 Å². The highest BCUT2D eigenvalue weighted by molar-refractivity contribution is 9.10. The summed E-state index contributed by atoms with van der Waals surface area (Å²) < 4.78 is 0.431. The Morgan fingerprint density at radius 3 is 2.36 bits per heavy atom. The van der Waals surface area contributed by atoms with Gasteiger partial charge in [0, 0.05) is 30.3 Å². The predicted octanol–water partition coefficient (Wildman–Crippen LogP) is 4.83. The minimum atomic E-state index is -0.601. The van der Waals surface area contributed by atoms with E-state index < -0.39 is 6.04 Å². The van der Waals surface area contributed by atoms with Gasteiger partial charge in [0.15, 0.2) is 0 Å². The van der Waals surface area contributed by atoms with Gasteiger partial charge in [-0.15, -0.1) is 0 Å². The number of aromatic hydroxyl groups is 2. The molecule has 2 N–H and O–H groups in total. The highest BCUT2D eigenvalue weighted by atomic mass is 79.9. The minimum absolute atomic E-state index is 0.0499. The van der Waals surface area contributed by atoms with Crippen LogP contribution in [0.25, 0.3) is 11.1 Å². The second-order valence-corrected chi connectivity index (χ2v) is 7.75. The van der Waals surface area contributed by atoms with E-state index in [0.29, 0.717) is 22.1 Å². The first-order valence-corrected chi connectivity index (χ1v) is 9.95. The molecular weight excluding hydrogens is 418 g/mol. The van der Waals surface area contributed by atoms with E-state index in [-0.39, 0.29) is 11.5 Å². The highest BCUT2D eigenvalue weighted by Crippen LogP contribution is 2.46. The minimum Gasteiger partial charge on any atom is -0.507 e. The van der Waals surface area contributed by atoms with Gasteiger partial charge in [-0.2, -0.15) is 0 Å². The molecule has 0 bridgehead atoms. The smallest absolute Gasteiger partial charge is 0.141 e. The molecule has 28 heavy (non-hydrogen) atoms. The number of aldehydes is 1. The van der Waals surface area contributed by atoms with Crippen molar-refractivity contribution < 1.29 is 15.0 Å². The summed E-state index contributed by atoms with van der Waals surface area (Å²) >= 11 is 3.46. The molecule has 3 aromatic rings. The molecule has 1 heterocycles. The summed E-state index contributed by atoms with van der Waals surface area (Å²) in [7, 11) is 0. The monoisotopic (exact) mass is 437 g/mol. The molecule has 142 valence electrons. The molecule has 0 fully saturated rings. The molecule has 0 aromatic heterocycles. The van der Waals surface area contributed by atoms with Crippen LogP contribution < -0.4 is 0 Å². The van der Waals surface area contributed by atoms with E-state index in [9.17, 15) is 15.0 Å². The van der Waals surface area contributed by atoms with Crippen LogP contribution in [0.5, 0.6) is 11.5 Å². The van der Waals surface area contributed by atoms with Crippen molar-refractivity contribution in [3.8, 4) is 22.6 Å². The van der Waals surface area contributed by atoms with Crippen LogP contribution in [0.2, 0.25) is 0 Å². The molecule has 1 aliphatic heterocycles. The van der Waals surface area contributed by atoms with Crippen molar-refractivity contribution in [1.29, 1.82) is 0 Å². The SMILES string of the molecule is O=CC(c1c(Br)c(O)cc(O)c1-c1ccccc1)N1CCc2ccccc2C1. The molecule has 3 aromatic carbocycles. The van der Waals surface area contributed by atoms with Gasteiger partial charge in [0.2, 0.25) is 0 Å². The van der Waals surface area contributed by atoms with Crippen molar-refractivity contribution in [3.63, 3.8) is 0 Å². The first kappa shape index (κ1) is 18.7. The molecule has 4 rings (SSSR count). The van der Waals surface area contributed by atoms with E-state index in [0.717, 1.165) is 24.8 Å². The number of hydrogen-bond donors (Lipinski definition) is 2. The van der Waals surface area contributed by atoms with Gasteiger partial charge in [-0.25, -0.2) is 0 Å². The van der Waals surface area contributed by atoms with Gasteiger partial charge in [0.05, 0.1) is 10.5 Å². The fraction of sp³-hybridized carbons (Fsp3) is 0.174. The molecule has 0 saturated heterocycles. The van der Waals surface area contributed by atoms with E-state index in [1.807, 2.05) is 42.5 Å². The maximum absolute atomic E-state index is 12.2. The molecule has 1 unspecified atom stereocenters. The normalized spacial score (nSPS) is 15.0. The second kappa shape index (κ2) is 7.78. The number of carbonyl (C=O) groups is 1. The summed E-state index contributed by atoms with van der Waals surface area (Å²) in [4.78, 5) is 14.3. The first-order chi connectivity index (χ1) is 13.6. The molecular formula is C23H20BrNO3. The van der Waals surface area contributed by atoms with E-state index in [1.54, 1.807) is 0 Å². The molecule has 0 spiro atoms. The van der Waals surface area contributed by atoms with E-state index >= 15 is 0 Å². The number of benzene rings is 3. The average Bonchev–Trinajstić information content (AvgIpc) is 2.72. The predicted molar refractivity (Wildman–Crippen MR) is 112 cm³/mol. The summed E-state index contributed by atoms with van der Waals surface area (Å²) in [5, 5.41) is 20.9. The lowest BCUT2D eigenvalue weighted by atomic mass is 9.91. The number of fused-ring (bicyclic) bond motifs is 1. The fourth-order valence-corrected chi connectivity index (χ4v) is 4.48. The number of halogens is 1. The van der Waals surface area contributed by atoms with Crippen LogP contribution in [-0.4, -0.2) is 27.9 Å². The van der Waals surface area contributed by atoms with Crippen molar-refractivity contribution in [1.82, 2.24) is 4.90 Å². The fourth-order valence-electron chi connectivity index (χ4n) is 3.93. The maximum atomic E-state index is 12.2. The average molecular weight is 438 g/mol. The van der Waals surface area contributed by atoms with Crippen molar-refractivity contribution >= 4 is 22.2 Å². The van der Waals surface area contributed by atoms with Gasteiger partial charge in [-0.05, 0) is 39.0 Å². The Morgan fingerprint density at radius 1 is 0.964 bits per heavy atom. The molecule has 0 aliphatic carbocycles. The molecule has 0 amide bonds. The van der Waals surface area contributed by atoms with E-state index in [2.05, 4.69) is 33.0 Å². The van der Waals surface area contributed by atoms with Crippen LogP contribution in [0.1, 0.15) is 22.7 Å². The van der Waals surface area contributed by atoms with Gasteiger partial charge in [0.25, 0.3) is 0 Å². The summed E-state index contributed by atoms with van der Waals surface area (Å²) in [6.45, 7) is 1.36. The summed E-state index contributed by atoms with van der Waals surface area (Å²) in [6.07, 6.45) is 1.74. The zero-order chi connectivity index (χ0) is 19.7. The third kappa shape index (κ3) is 3.32. The Bertz CT molecular complexity index is 1020. The summed E-state index contributed by atoms with van der Waals surface area (Å²) in [5.74, 6) is -0.136. The van der Waals surface area contributed by atoms with Gasteiger partial charge in [-0.1, -0.05) is 54.6 Å². The van der Waals surface area contributed by atoms with Crippen LogP contribution in [0, 0.1) is 0 Å². The molecule has 0 saturated carbocycles. The molecule has 4 nitrogen and oxygen atoms in total. The molecule has 1 aliphatic rings. The molecule has 5 heteroatoms. The Labute approximate surface area is 172 Å². The third-order valence-electron chi connectivity index (χ3n) is 5.30. The standard InChI is InChI=1S/C23H20BrNO3/c24-23-20(28)12-19(27)21(16-7-2-1-3-8-16)22(23)18(14-26)25-11-10-15-6-4-5-9-17(15)13-25/h1-9,12,14,18,27-28H,10-11,13H2. The summed E-state index contributed by atoms with van der Waals surface area (Å²) in [5.41, 5.74) is 4.42. The lowest BCUT2D eigenvalue weighted by Gasteiger charge is -2.34. The topological polar surface area (TPSA) is 60.8 Å². The number of phenolic OH excluding ortho intramolecular Hbond substituents is 2. The van der Waals surface area contributed by atoms with Crippen LogP contribution in [-0.2, 0) is 17.8 Å². The van der Waals surface area contributed by atoms with Gasteiger partial charge in [0.1, 0.15) is 17.8 Å². The zero-order valence-corrected chi connectivity index (χ0v) is 16.8. The molecule has 0 radical (unpaired) electrons. The van der Waals surface area contributed by atoms with Gasteiger partial charge in [-0.3, -0.25) is 4.90 Å². The zero-order valence-electron chi connectivity index (χ0n) is 15.2. The number of carbonyl (C=O) groups excluding carboxylic acids is 1. The number of nitrogens with zero attached hydrogens (tertiary/aromatic N) is 1. The van der Waals surface area contributed by atoms with Crippen molar-refractivity contribution in [2.75, 3.05) is 6.54 Å². The van der Waals surface area contributed by atoms with Gasteiger partial charge < -0.3 is 15.0 Å². The van der Waals surface area contributed by atoms with Crippen LogP contribution in [0.3, 0.4) is 0 Å². The summed E-state index contributed by atoms with van der Waals surface area (Å²) in [6, 6.07) is 18.4. The Kier molecular flexibility index (Phi) is 5.20. The number of rotatable bonds is 4. The van der Waals surface area contributed by atoms with Gasteiger partial charge >= 0.3 is 0 Å². The number of phenols is 2. The Hall–Kier alpha value is -2.63. The van der Waals surface area contributed by atoms with Crippen LogP contribution >= 0.6 is 15.9 Å². The third-order valence-corrected chi connectivity index (χ3v) is 6.13. The van der Waals surface area contributed by atoms with Crippen LogP contribution in [0.4, 0.5) is 0 Å².